The Labute approximate surface area is 199 Å². The Hall–Kier alpha value is -4.60. The van der Waals surface area contributed by atoms with Gasteiger partial charge in [-0.3, -0.25) is 19.7 Å². The highest BCUT2D eigenvalue weighted by Crippen LogP contribution is 2.45. The third-order valence-electron chi connectivity index (χ3n) is 6.44. The fraction of sp³-hybridized carbons (Fsp3) is 0.200. The van der Waals surface area contributed by atoms with Gasteiger partial charge >= 0.3 is 17.8 Å². The highest BCUT2D eigenvalue weighted by atomic mass is 16.6. The first kappa shape index (κ1) is 22.2. The van der Waals surface area contributed by atoms with Crippen LogP contribution in [0.5, 0.6) is 6.01 Å². The van der Waals surface area contributed by atoms with E-state index in [2.05, 4.69) is 4.99 Å². The predicted molar refractivity (Wildman–Crippen MR) is 124 cm³/mol. The summed E-state index contributed by atoms with van der Waals surface area (Å²) in [4.78, 5) is 40.0. The number of rotatable bonds is 4. The first-order valence-electron chi connectivity index (χ1n) is 11.0. The van der Waals surface area contributed by atoms with Crippen LogP contribution in [0, 0.1) is 10.1 Å². The van der Waals surface area contributed by atoms with Gasteiger partial charge in [0.25, 0.3) is 11.2 Å². The Kier molecular flexibility index (Phi) is 5.08. The van der Waals surface area contributed by atoms with Crippen LogP contribution in [0.2, 0.25) is 0 Å². The number of fused-ring (bicyclic) bond motifs is 4. The number of benzene rings is 2. The summed E-state index contributed by atoms with van der Waals surface area (Å²) >= 11 is 0. The summed E-state index contributed by atoms with van der Waals surface area (Å²) in [5, 5.41) is 21.8. The van der Waals surface area contributed by atoms with Crippen molar-refractivity contribution in [3.8, 4) is 6.01 Å². The van der Waals surface area contributed by atoms with Gasteiger partial charge in [0.05, 0.1) is 22.0 Å². The first-order chi connectivity index (χ1) is 16.7. The van der Waals surface area contributed by atoms with Gasteiger partial charge in [-0.15, -0.1) is 4.99 Å². The van der Waals surface area contributed by atoms with Crippen LogP contribution in [0.4, 0.5) is 11.5 Å². The zero-order valence-electron chi connectivity index (χ0n) is 19.2. The number of carbonyl (C=O) groups is 1. The summed E-state index contributed by atoms with van der Waals surface area (Å²) in [7, 11) is 3.08. The monoisotopic (exact) mass is 474 g/mol. The Morgan fingerprint density at radius 3 is 2.49 bits per heavy atom. The van der Waals surface area contributed by atoms with Crippen LogP contribution >= 0.6 is 0 Å². The van der Waals surface area contributed by atoms with E-state index >= 15 is 0 Å². The molecule has 1 unspecified atom stereocenters. The van der Waals surface area contributed by atoms with Crippen molar-refractivity contribution < 1.29 is 29.1 Å². The molecule has 10 nitrogen and oxygen atoms in total. The molecule has 1 aromatic heterocycles. The Morgan fingerprint density at radius 1 is 1.20 bits per heavy atom. The lowest BCUT2D eigenvalue weighted by Crippen LogP contribution is -2.75. The molecule has 0 spiro atoms. The summed E-state index contributed by atoms with van der Waals surface area (Å²) in [5.74, 6) is -0.437. The van der Waals surface area contributed by atoms with E-state index in [9.17, 15) is 24.8 Å². The molecule has 0 radical (unpaired) electrons. The first-order valence-corrected chi connectivity index (χ1v) is 11.0. The minimum Gasteiger partial charge on any atom is -0.445 e. The largest absolute Gasteiger partial charge is 0.462 e. The summed E-state index contributed by atoms with van der Waals surface area (Å²) in [6.45, 7) is 1.69. The second-order valence-electron chi connectivity index (χ2n) is 8.38. The van der Waals surface area contributed by atoms with Gasteiger partial charge in [-0.1, -0.05) is 41.8 Å². The minimum atomic E-state index is -0.723. The van der Waals surface area contributed by atoms with Crippen LogP contribution < -0.4 is 15.1 Å². The van der Waals surface area contributed by atoms with Crippen LogP contribution in [0.1, 0.15) is 41.5 Å². The van der Waals surface area contributed by atoms with Gasteiger partial charge in [0.1, 0.15) is 5.76 Å². The maximum absolute atomic E-state index is 13.5. The number of aromatic hydroxyl groups is 1. The zero-order chi connectivity index (χ0) is 25.0. The van der Waals surface area contributed by atoms with Crippen LogP contribution in [0.3, 0.4) is 0 Å². The lowest BCUT2D eigenvalue weighted by atomic mass is 9.81. The number of carbonyl (C=O) groups excluding carboxylic acids is 1. The molecule has 1 aliphatic heterocycles. The maximum atomic E-state index is 13.5. The maximum Gasteiger partial charge on any atom is 0.462 e. The molecule has 0 amide bonds. The molecule has 35 heavy (non-hydrogen) atoms. The second kappa shape index (κ2) is 8.01. The lowest BCUT2D eigenvalue weighted by Gasteiger charge is -2.21. The molecule has 2 heterocycles. The highest BCUT2D eigenvalue weighted by molar-refractivity contribution is 6.22. The molecule has 2 aromatic carbocycles. The lowest BCUT2D eigenvalue weighted by molar-refractivity contribution is -0.723. The normalized spacial score (nSPS) is 15.7. The van der Waals surface area contributed by atoms with E-state index < -0.39 is 22.4 Å². The van der Waals surface area contributed by atoms with Crippen LogP contribution in [0.15, 0.2) is 58.9 Å². The van der Waals surface area contributed by atoms with Gasteiger partial charge < -0.3 is 9.84 Å². The SMILES string of the molecule is CCC(=O)OC1=C2C(=[NH+]c3c(c(=O)n(C)c(O)[n+]3C)C2c2ccc([N+](=O)[O-])cc2)c2ccccc21. The molecule has 2 aliphatic rings. The molecule has 1 aliphatic carbocycles. The van der Waals surface area contributed by atoms with Crippen molar-refractivity contribution >= 4 is 28.9 Å². The topological polar surface area (TPSA) is 130 Å². The number of nitro groups is 1. The van der Waals surface area contributed by atoms with Crippen molar-refractivity contribution in [3.05, 3.63) is 96.8 Å². The molecule has 0 bridgehead atoms. The van der Waals surface area contributed by atoms with Gasteiger partial charge in [0, 0.05) is 31.2 Å². The average Bonchev–Trinajstić information content (AvgIpc) is 3.18. The van der Waals surface area contributed by atoms with Crippen LogP contribution in [-0.2, 0) is 23.6 Å². The van der Waals surface area contributed by atoms with Gasteiger partial charge in [-0.2, -0.15) is 0 Å². The van der Waals surface area contributed by atoms with Gasteiger partial charge in [-0.25, -0.2) is 4.57 Å². The van der Waals surface area contributed by atoms with Crippen molar-refractivity contribution in [2.75, 3.05) is 0 Å². The Bertz CT molecular complexity index is 1550. The minimum absolute atomic E-state index is 0.0856. The van der Waals surface area contributed by atoms with E-state index in [-0.39, 0.29) is 18.1 Å². The highest BCUT2D eigenvalue weighted by Gasteiger charge is 2.49. The number of aromatic nitrogens is 2. The summed E-state index contributed by atoms with van der Waals surface area (Å²) in [5.41, 5.74) is 3.07. The Balaban J connectivity index is 1.89. The molecule has 0 saturated heterocycles. The standard InChI is InChI=1S/C25H20N4O6/c1-4-17(30)35-22-16-8-6-5-7-15(16)21-19(22)18(13-9-11-14(12-10-13)29(33)34)20-23(26-21)27(2)25(32)28(3)24(20)31/h5-12,18H,4H2,1-3H3/p+2. The number of nitrogens with one attached hydrogen (secondary N) is 1. The number of allylic oxidation sites excluding steroid dienone is 1. The average molecular weight is 474 g/mol. The van der Waals surface area contributed by atoms with E-state index in [1.54, 1.807) is 26.1 Å². The molecule has 5 rings (SSSR count). The number of non-ortho nitro benzene ring substituents is 1. The third kappa shape index (κ3) is 3.25. The number of hydrogen-bond donors (Lipinski definition) is 2. The van der Waals surface area contributed by atoms with E-state index in [1.165, 1.54) is 23.7 Å². The van der Waals surface area contributed by atoms with E-state index in [1.807, 2.05) is 24.3 Å². The predicted octanol–water partition coefficient (Wildman–Crippen LogP) is 0.848. The van der Waals surface area contributed by atoms with E-state index in [4.69, 9.17) is 4.74 Å². The number of ether oxygens (including phenoxy) is 1. The molecule has 1 atom stereocenters. The van der Waals surface area contributed by atoms with Gasteiger partial charge in [-0.05, 0) is 11.6 Å². The molecule has 176 valence electrons. The fourth-order valence-corrected chi connectivity index (χ4v) is 4.68. The molecule has 0 saturated carbocycles. The Morgan fingerprint density at radius 2 is 1.86 bits per heavy atom. The molecular weight excluding hydrogens is 452 g/mol. The number of hydrogen-bond acceptors (Lipinski definition) is 6. The van der Waals surface area contributed by atoms with E-state index in [0.717, 1.165) is 10.1 Å². The van der Waals surface area contributed by atoms with Gasteiger partial charge in [0.2, 0.25) is 5.71 Å². The smallest absolute Gasteiger partial charge is 0.445 e. The number of nitrogens with zero attached hydrogens (tertiary/aromatic N) is 3. The summed E-state index contributed by atoms with van der Waals surface area (Å²) in [6, 6.07) is 13.1. The van der Waals surface area contributed by atoms with Crippen molar-refractivity contribution in [3.63, 3.8) is 0 Å². The van der Waals surface area contributed by atoms with E-state index in [0.29, 0.717) is 39.6 Å². The number of esters is 1. The molecule has 2 N–H and O–H groups in total. The van der Waals surface area contributed by atoms with Crippen molar-refractivity contribution in [1.82, 2.24) is 4.57 Å². The molecule has 0 fully saturated rings. The molecular formula is C25H22N4O6+2. The van der Waals surface area contributed by atoms with Gasteiger partial charge in [0.15, 0.2) is 12.6 Å². The molecule has 10 heteroatoms. The zero-order valence-corrected chi connectivity index (χ0v) is 19.2. The summed E-state index contributed by atoms with van der Waals surface area (Å²) < 4.78 is 8.41. The van der Waals surface area contributed by atoms with Crippen molar-refractivity contribution in [1.29, 1.82) is 0 Å². The van der Waals surface area contributed by atoms with Crippen molar-refractivity contribution in [2.45, 2.75) is 19.3 Å². The molecule has 3 aromatic rings. The van der Waals surface area contributed by atoms with Crippen LogP contribution in [-0.4, -0.2) is 26.3 Å². The third-order valence-corrected chi connectivity index (χ3v) is 6.44. The summed E-state index contributed by atoms with van der Waals surface area (Å²) in [6.07, 6.45) is 0.158. The fourth-order valence-electron chi connectivity index (χ4n) is 4.68. The number of nitro benzene ring substituents is 1. The van der Waals surface area contributed by atoms with Crippen LogP contribution in [0.25, 0.3) is 5.76 Å². The van der Waals surface area contributed by atoms with Crippen molar-refractivity contribution in [2.24, 2.45) is 14.1 Å². The quantitative estimate of drug-likeness (QED) is 0.250. The second-order valence-corrected chi connectivity index (χ2v) is 8.38.